The zero-order valence-electron chi connectivity index (χ0n) is 12.5. The molecule has 116 valence electrons. The lowest BCUT2D eigenvalue weighted by Crippen LogP contribution is -2.26. The Kier molecular flexibility index (Phi) is 4.50. The van der Waals surface area contributed by atoms with Crippen molar-refractivity contribution in [2.45, 2.75) is 18.9 Å². The van der Waals surface area contributed by atoms with Crippen LogP contribution in [0.25, 0.3) is 0 Å². The Morgan fingerprint density at radius 1 is 1.30 bits per heavy atom. The second-order valence-corrected chi connectivity index (χ2v) is 5.21. The maximum absolute atomic E-state index is 12.0. The number of pyridine rings is 1. The van der Waals surface area contributed by atoms with Crippen molar-refractivity contribution in [3.8, 4) is 6.07 Å². The van der Waals surface area contributed by atoms with Crippen molar-refractivity contribution in [2.24, 2.45) is 0 Å². The third kappa shape index (κ3) is 3.65. The number of rotatable bonds is 4. The van der Waals surface area contributed by atoms with Crippen LogP contribution in [0.4, 0.5) is 17.2 Å². The molecule has 0 aliphatic carbocycles. The summed E-state index contributed by atoms with van der Waals surface area (Å²) in [6, 6.07) is 12.8. The van der Waals surface area contributed by atoms with Gasteiger partial charge in [0, 0.05) is 6.61 Å². The molecule has 2 aromatic rings. The van der Waals surface area contributed by atoms with Gasteiger partial charge in [-0.2, -0.15) is 5.26 Å². The average molecular weight is 308 g/mol. The number of hydrogen-bond acceptors (Lipinski definition) is 5. The third-order valence-corrected chi connectivity index (χ3v) is 3.56. The Bertz CT molecular complexity index is 731. The van der Waals surface area contributed by atoms with Gasteiger partial charge in [-0.15, -0.1) is 0 Å². The van der Waals surface area contributed by atoms with Gasteiger partial charge in [-0.25, -0.2) is 4.98 Å². The van der Waals surface area contributed by atoms with Crippen LogP contribution < -0.4 is 10.6 Å². The Balaban J connectivity index is 1.65. The van der Waals surface area contributed by atoms with Crippen LogP contribution in [0.5, 0.6) is 0 Å². The van der Waals surface area contributed by atoms with Crippen LogP contribution in [0.3, 0.4) is 0 Å². The first kappa shape index (κ1) is 15.0. The molecule has 0 spiro atoms. The van der Waals surface area contributed by atoms with E-state index in [0.717, 1.165) is 12.8 Å². The van der Waals surface area contributed by atoms with Crippen LogP contribution in [0.1, 0.15) is 18.4 Å². The first-order valence-corrected chi connectivity index (χ1v) is 7.41. The van der Waals surface area contributed by atoms with Crippen LogP contribution in [-0.4, -0.2) is 23.6 Å². The molecular formula is C17H16N4O2. The normalized spacial score (nSPS) is 16.6. The molecule has 2 N–H and O–H groups in total. The molecule has 1 aliphatic heterocycles. The fourth-order valence-corrected chi connectivity index (χ4v) is 2.38. The van der Waals surface area contributed by atoms with Gasteiger partial charge in [0.15, 0.2) is 0 Å². The summed E-state index contributed by atoms with van der Waals surface area (Å²) in [5.74, 6) is 0.461. The smallest absolute Gasteiger partial charge is 0.253 e. The van der Waals surface area contributed by atoms with Crippen LogP contribution in [0, 0.1) is 11.3 Å². The average Bonchev–Trinajstić information content (AvgIpc) is 3.12. The van der Waals surface area contributed by atoms with Gasteiger partial charge < -0.3 is 15.4 Å². The van der Waals surface area contributed by atoms with Crippen LogP contribution in [-0.2, 0) is 9.53 Å². The van der Waals surface area contributed by atoms with Crippen molar-refractivity contribution in [1.29, 1.82) is 5.26 Å². The van der Waals surface area contributed by atoms with Crippen molar-refractivity contribution in [3.63, 3.8) is 0 Å². The molecule has 1 atom stereocenters. The van der Waals surface area contributed by atoms with E-state index in [0.29, 0.717) is 29.4 Å². The molecule has 23 heavy (non-hydrogen) atoms. The fraction of sp³-hybridized carbons (Fsp3) is 0.235. The summed E-state index contributed by atoms with van der Waals surface area (Å²) in [6.45, 7) is 0.636. The van der Waals surface area contributed by atoms with E-state index in [1.165, 1.54) is 0 Å². The van der Waals surface area contributed by atoms with Crippen LogP contribution >= 0.6 is 0 Å². The molecule has 1 saturated heterocycles. The highest BCUT2D eigenvalue weighted by Crippen LogP contribution is 2.20. The highest BCUT2D eigenvalue weighted by molar-refractivity contribution is 5.94. The van der Waals surface area contributed by atoms with Gasteiger partial charge in [0.25, 0.3) is 5.91 Å². The molecule has 6 heteroatoms. The van der Waals surface area contributed by atoms with Gasteiger partial charge in [0.05, 0.1) is 23.1 Å². The maximum Gasteiger partial charge on any atom is 0.253 e. The van der Waals surface area contributed by atoms with Crippen molar-refractivity contribution >= 4 is 23.1 Å². The minimum atomic E-state index is -0.365. The van der Waals surface area contributed by atoms with Gasteiger partial charge in [-0.05, 0) is 37.1 Å². The molecule has 1 unspecified atom stereocenters. The molecule has 6 nitrogen and oxygen atoms in total. The predicted octanol–water partition coefficient (Wildman–Crippen LogP) is 2.81. The van der Waals surface area contributed by atoms with Crippen molar-refractivity contribution in [1.82, 2.24) is 4.98 Å². The lowest BCUT2D eigenvalue weighted by molar-refractivity contribution is -0.124. The van der Waals surface area contributed by atoms with Gasteiger partial charge in [-0.1, -0.05) is 12.1 Å². The standard InChI is InChI=1S/C17H16N4O2/c18-10-12-4-1-2-5-14(12)21-16-8-7-13(11-19-16)20-17(22)15-6-3-9-23-15/h1-2,4-5,7-8,11,15H,3,6,9H2,(H,19,21)(H,20,22). The minimum Gasteiger partial charge on any atom is -0.368 e. The summed E-state index contributed by atoms with van der Waals surface area (Å²) < 4.78 is 5.34. The van der Waals surface area contributed by atoms with Crippen molar-refractivity contribution in [3.05, 3.63) is 48.2 Å². The van der Waals surface area contributed by atoms with Crippen LogP contribution in [0.15, 0.2) is 42.6 Å². The Morgan fingerprint density at radius 3 is 2.87 bits per heavy atom. The topological polar surface area (TPSA) is 87.0 Å². The van der Waals surface area contributed by atoms with E-state index < -0.39 is 0 Å². The van der Waals surface area contributed by atoms with Gasteiger partial charge in [-0.3, -0.25) is 4.79 Å². The highest BCUT2D eigenvalue weighted by atomic mass is 16.5. The Morgan fingerprint density at radius 2 is 2.17 bits per heavy atom. The number of nitriles is 1. The number of hydrogen-bond donors (Lipinski definition) is 2. The summed E-state index contributed by atoms with van der Waals surface area (Å²) >= 11 is 0. The summed E-state index contributed by atoms with van der Waals surface area (Å²) in [5.41, 5.74) is 1.85. The first-order valence-electron chi connectivity index (χ1n) is 7.41. The lowest BCUT2D eigenvalue weighted by atomic mass is 10.2. The highest BCUT2D eigenvalue weighted by Gasteiger charge is 2.23. The molecule has 1 aromatic carbocycles. The van der Waals surface area contributed by atoms with E-state index in [1.54, 1.807) is 30.5 Å². The summed E-state index contributed by atoms with van der Waals surface area (Å²) in [7, 11) is 0. The summed E-state index contributed by atoms with van der Waals surface area (Å²) in [5, 5.41) is 15.0. The predicted molar refractivity (Wildman–Crippen MR) is 86.3 cm³/mol. The molecule has 1 aromatic heterocycles. The number of aromatic nitrogens is 1. The van der Waals surface area contributed by atoms with E-state index in [1.807, 2.05) is 12.1 Å². The van der Waals surface area contributed by atoms with E-state index in [9.17, 15) is 4.79 Å². The molecular weight excluding hydrogens is 292 g/mol. The van der Waals surface area contributed by atoms with Crippen molar-refractivity contribution < 1.29 is 9.53 Å². The van der Waals surface area contributed by atoms with Gasteiger partial charge >= 0.3 is 0 Å². The number of para-hydroxylation sites is 1. The van der Waals surface area contributed by atoms with Gasteiger partial charge in [0.1, 0.15) is 18.0 Å². The number of nitrogens with zero attached hydrogens (tertiary/aromatic N) is 2. The number of nitrogens with one attached hydrogen (secondary N) is 2. The number of benzene rings is 1. The SMILES string of the molecule is N#Cc1ccccc1Nc1ccc(NC(=O)C2CCCO2)cn1. The molecule has 1 amide bonds. The molecule has 1 fully saturated rings. The first-order chi connectivity index (χ1) is 11.3. The van der Waals surface area contributed by atoms with E-state index >= 15 is 0 Å². The number of anilines is 3. The van der Waals surface area contributed by atoms with Crippen LogP contribution in [0.2, 0.25) is 0 Å². The number of carbonyl (C=O) groups excluding carboxylic acids is 1. The molecule has 0 saturated carbocycles. The molecule has 1 aliphatic rings. The summed E-state index contributed by atoms with van der Waals surface area (Å²) in [6.07, 6.45) is 2.88. The number of amides is 1. The molecule has 0 radical (unpaired) electrons. The summed E-state index contributed by atoms with van der Waals surface area (Å²) in [4.78, 5) is 16.2. The Hall–Kier alpha value is -2.91. The molecule has 3 rings (SSSR count). The lowest BCUT2D eigenvalue weighted by Gasteiger charge is -2.11. The molecule has 0 bridgehead atoms. The quantitative estimate of drug-likeness (QED) is 0.907. The van der Waals surface area contributed by atoms with E-state index in [-0.39, 0.29) is 12.0 Å². The maximum atomic E-state index is 12.0. The molecule has 2 heterocycles. The Labute approximate surface area is 134 Å². The second kappa shape index (κ2) is 6.90. The zero-order chi connectivity index (χ0) is 16.1. The second-order valence-electron chi connectivity index (χ2n) is 5.21. The fourth-order valence-electron chi connectivity index (χ4n) is 2.38. The van der Waals surface area contributed by atoms with E-state index in [4.69, 9.17) is 10.00 Å². The van der Waals surface area contributed by atoms with E-state index in [2.05, 4.69) is 21.7 Å². The zero-order valence-corrected chi connectivity index (χ0v) is 12.5. The monoisotopic (exact) mass is 308 g/mol. The third-order valence-electron chi connectivity index (χ3n) is 3.56. The van der Waals surface area contributed by atoms with Gasteiger partial charge in [0.2, 0.25) is 0 Å². The number of carbonyl (C=O) groups is 1. The minimum absolute atomic E-state index is 0.139. The van der Waals surface area contributed by atoms with Crippen molar-refractivity contribution in [2.75, 3.05) is 17.2 Å². The number of ether oxygens (including phenoxy) is 1. The largest absolute Gasteiger partial charge is 0.368 e.